The van der Waals surface area contributed by atoms with Crippen LogP contribution >= 0.6 is 11.3 Å². The minimum absolute atomic E-state index is 0.000302. The number of pyridine rings is 1. The summed E-state index contributed by atoms with van der Waals surface area (Å²) in [6.07, 6.45) is 3.39. The largest absolute Gasteiger partial charge is 0.457 e. The number of rotatable bonds is 8. The summed E-state index contributed by atoms with van der Waals surface area (Å²) >= 11 is 1.42. The van der Waals surface area contributed by atoms with E-state index in [9.17, 15) is 14.4 Å². The standard InChI is InChI=1S/C21H19N3O4S/c1-14(25)23-10-15-4-6-16(7-5-15)19(26)12-28-20(27)9-18-13-29-21(24-18)17-3-2-8-22-11-17/h2-8,11,13H,9-10,12H2,1H3,(H,23,25). The van der Waals surface area contributed by atoms with Crippen molar-refractivity contribution >= 4 is 29.0 Å². The molecule has 7 nitrogen and oxygen atoms in total. The van der Waals surface area contributed by atoms with Gasteiger partial charge in [-0.05, 0) is 17.7 Å². The van der Waals surface area contributed by atoms with Gasteiger partial charge in [0.05, 0.1) is 12.1 Å². The number of ketones is 1. The lowest BCUT2D eigenvalue weighted by molar-refractivity contribution is -0.141. The Morgan fingerprint density at radius 2 is 1.93 bits per heavy atom. The van der Waals surface area contributed by atoms with Crippen molar-refractivity contribution in [1.29, 1.82) is 0 Å². The normalized spacial score (nSPS) is 10.4. The zero-order chi connectivity index (χ0) is 20.6. The number of esters is 1. The van der Waals surface area contributed by atoms with E-state index in [0.717, 1.165) is 16.1 Å². The fourth-order valence-corrected chi connectivity index (χ4v) is 3.28. The molecule has 1 aromatic carbocycles. The highest BCUT2D eigenvalue weighted by Crippen LogP contribution is 2.22. The van der Waals surface area contributed by atoms with Crippen LogP contribution < -0.4 is 5.32 Å². The predicted octanol–water partition coefficient (Wildman–Crippen LogP) is 2.81. The third-order valence-corrected chi connectivity index (χ3v) is 4.91. The third-order valence-electron chi connectivity index (χ3n) is 3.97. The molecule has 29 heavy (non-hydrogen) atoms. The van der Waals surface area contributed by atoms with Gasteiger partial charge in [-0.3, -0.25) is 19.4 Å². The highest BCUT2D eigenvalue weighted by molar-refractivity contribution is 7.13. The maximum absolute atomic E-state index is 12.2. The minimum Gasteiger partial charge on any atom is -0.457 e. The summed E-state index contributed by atoms with van der Waals surface area (Å²) in [6, 6.07) is 10.5. The maximum Gasteiger partial charge on any atom is 0.312 e. The van der Waals surface area contributed by atoms with E-state index in [1.165, 1.54) is 18.3 Å². The number of nitrogens with one attached hydrogen (secondary N) is 1. The topological polar surface area (TPSA) is 98.2 Å². The van der Waals surface area contributed by atoms with Crippen LogP contribution in [0.2, 0.25) is 0 Å². The Kier molecular flexibility index (Phi) is 6.80. The van der Waals surface area contributed by atoms with Crippen LogP contribution in [0, 0.1) is 0 Å². The molecule has 0 aliphatic rings. The molecule has 0 radical (unpaired) electrons. The van der Waals surface area contributed by atoms with Crippen molar-refractivity contribution in [3.63, 3.8) is 0 Å². The second-order valence-corrected chi connectivity index (χ2v) is 7.11. The van der Waals surface area contributed by atoms with Gasteiger partial charge < -0.3 is 10.1 Å². The van der Waals surface area contributed by atoms with Gasteiger partial charge >= 0.3 is 5.97 Å². The Morgan fingerprint density at radius 1 is 1.14 bits per heavy atom. The first kappa shape index (κ1) is 20.3. The number of nitrogens with zero attached hydrogens (tertiary/aromatic N) is 2. The molecule has 0 fully saturated rings. The lowest BCUT2D eigenvalue weighted by Crippen LogP contribution is -2.19. The van der Waals surface area contributed by atoms with E-state index in [0.29, 0.717) is 17.8 Å². The number of carbonyl (C=O) groups excluding carboxylic acids is 3. The van der Waals surface area contributed by atoms with E-state index in [4.69, 9.17) is 4.74 Å². The SMILES string of the molecule is CC(=O)NCc1ccc(C(=O)COC(=O)Cc2csc(-c3cccnc3)n2)cc1. The molecule has 2 heterocycles. The lowest BCUT2D eigenvalue weighted by atomic mass is 10.1. The zero-order valence-corrected chi connectivity index (χ0v) is 16.6. The molecule has 0 bridgehead atoms. The number of hydrogen-bond donors (Lipinski definition) is 1. The third kappa shape index (κ3) is 6.05. The van der Waals surface area contributed by atoms with Crippen molar-refractivity contribution in [1.82, 2.24) is 15.3 Å². The first-order chi connectivity index (χ1) is 14.0. The number of Topliss-reactive ketones (excluding diaryl/α,β-unsaturated/α-hetero) is 1. The molecule has 3 aromatic rings. The summed E-state index contributed by atoms with van der Waals surface area (Å²) < 4.78 is 5.09. The average Bonchev–Trinajstić information content (AvgIpc) is 3.20. The first-order valence-electron chi connectivity index (χ1n) is 8.88. The van der Waals surface area contributed by atoms with Crippen molar-refractivity contribution in [2.45, 2.75) is 19.9 Å². The molecule has 0 spiro atoms. The van der Waals surface area contributed by atoms with E-state index >= 15 is 0 Å². The molecule has 0 unspecified atom stereocenters. The fraction of sp³-hybridized carbons (Fsp3) is 0.190. The summed E-state index contributed by atoms with van der Waals surface area (Å²) in [5.74, 6) is -0.924. The molecule has 1 N–H and O–H groups in total. The lowest BCUT2D eigenvalue weighted by Gasteiger charge is -2.05. The predicted molar refractivity (Wildman–Crippen MR) is 108 cm³/mol. The first-order valence-corrected chi connectivity index (χ1v) is 9.76. The van der Waals surface area contributed by atoms with Gasteiger partial charge in [0.15, 0.2) is 12.4 Å². The van der Waals surface area contributed by atoms with Gasteiger partial charge in [0.1, 0.15) is 5.01 Å². The molecule has 0 atom stereocenters. The van der Waals surface area contributed by atoms with E-state index in [-0.39, 0.29) is 24.7 Å². The van der Waals surface area contributed by atoms with Crippen molar-refractivity contribution < 1.29 is 19.1 Å². The van der Waals surface area contributed by atoms with Crippen LogP contribution in [0.1, 0.15) is 28.5 Å². The zero-order valence-electron chi connectivity index (χ0n) is 15.8. The molecular weight excluding hydrogens is 390 g/mol. The van der Waals surface area contributed by atoms with E-state index in [1.807, 2.05) is 12.1 Å². The molecule has 0 aliphatic carbocycles. The van der Waals surface area contributed by atoms with Gasteiger partial charge in [-0.15, -0.1) is 11.3 Å². The Labute approximate surface area is 171 Å². The van der Waals surface area contributed by atoms with E-state index in [1.54, 1.807) is 42.0 Å². The van der Waals surface area contributed by atoms with Gasteiger partial charge in [-0.2, -0.15) is 0 Å². The number of carbonyl (C=O) groups is 3. The number of amides is 1. The second-order valence-electron chi connectivity index (χ2n) is 6.25. The van der Waals surface area contributed by atoms with Crippen LogP contribution in [0.15, 0.2) is 54.2 Å². The summed E-state index contributed by atoms with van der Waals surface area (Å²) in [5, 5.41) is 5.25. The number of aromatic nitrogens is 2. The minimum atomic E-state index is -0.510. The van der Waals surface area contributed by atoms with Gasteiger partial charge in [-0.1, -0.05) is 24.3 Å². The quantitative estimate of drug-likeness (QED) is 0.454. The van der Waals surface area contributed by atoms with Gasteiger partial charge in [0, 0.05) is 42.4 Å². The van der Waals surface area contributed by atoms with Gasteiger partial charge in [0.2, 0.25) is 5.91 Å². The molecular formula is C21H19N3O4S. The highest BCUT2D eigenvalue weighted by Gasteiger charge is 2.13. The van der Waals surface area contributed by atoms with Gasteiger partial charge in [-0.25, -0.2) is 4.98 Å². The smallest absolute Gasteiger partial charge is 0.312 e. The van der Waals surface area contributed by atoms with Crippen LogP contribution in [0.3, 0.4) is 0 Å². The molecule has 0 saturated carbocycles. The number of benzene rings is 1. The number of hydrogen-bond acceptors (Lipinski definition) is 7. The molecule has 2 aromatic heterocycles. The van der Waals surface area contributed by atoms with Crippen molar-refractivity contribution in [2.75, 3.05) is 6.61 Å². The fourth-order valence-electron chi connectivity index (χ4n) is 2.47. The Bertz CT molecular complexity index is 1000. The second kappa shape index (κ2) is 9.70. The highest BCUT2D eigenvalue weighted by atomic mass is 32.1. The van der Waals surface area contributed by atoms with Crippen LogP contribution in [0.25, 0.3) is 10.6 Å². The van der Waals surface area contributed by atoms with Crippen LogP contribution in [0.5, 0.6) is 0 Å². The van der Waals surface area contributed by atoms with E-state index in [2.05, 4.69) is 15.3 Å². The van der Waals surface area contributed by atoms with E-state index < -0.39 is 5.97 Å². The number of thiazole rings is 1. The average molecular weight is 409 g/mol. The Balaban J connectivity index is 1.48. The van der Waals surface area contributed by atoms with Crippen molar-refractivity contribution in [2.24, 2.45) is 0 Å². The number of ether oxygens (including phenoxy) is 1. The molecule has 8 heteroatoms. The van der Waals surface area contributed by atoms with Crippen molar-refractivity contribution in [3.8, 4) is 10.6 Å². The summed E-state index contributed by atoms with van der Waals surface area (Å²) in [7, 11) is 0. The molecule has 3 rings (SSSR count). The molecule has 0 saturated heterocycles. The maximum atomic E-state index is 12.2. The Hall–Kier alpha value is -3.39. The van der Waals surface area contributed by atoms with Crippen LogP contribution in [-0.2, 0) is 27.3 Å². The Morgan fingerprint density at radius 3 is 2.62 bits per heavy atom. The monoisotopic (exact) mass is 409 g/mol. The summed E-state index contributed by atoms with van der Waals surface area (Å²) in [5.41, 5.74) is 2.79. The van der Waals surface area contributed by atoms with Crippen LogP contribution in [-0.4, -0.2) is 34.2 Å². The van der Waals surface area contributed by atoms with Crippen molar-refractivity contribution in [3.05, 3.63) is 71.0 Å². The summed E-state index contributed by atoms with van der Waals surface area (Å²) in [4.78, 5) is 43.6. The van der Waals surface area contributed by atoms with Crippen LogP contribution in [0.4, 0.5) is 0 Å². The summed E-state index contributed by atoms with van der Waals surface area (Å²) in [6.45, 7) is 1.51. The molecule has 1 amide bonds. The molecule has 0 aliphatic heterocycles. The van der Waals surface area contributed by atoms with Gasteiger partial charge in [0.25, 0.3) is 0 Å². The molecule has 148 valence electrons.